The van der Waals surface area contributed by atoms with Crippen molar-refractivity contribution in [3.8, 4) is 0 Å². The van der Waals surface area contributed by atoms with Crippen molar-refractivity contribution in [1.29, 1.82) is 0 Å². The summed E-state index contributed by atoms with van der Waals surface area (Å²) in [5.41, 5.74) is 0. The van der Waals surface area contributed by atoms with E-state index in [0.29, 0.717) is 18.5 Å². The molecule has 0 saturated carbocycles. The van der Waals surface area contributed by atoms with Gasteiger partial charge in [-0.3, -0.25) is 4.90 Å². The van der Waals surface area contributed by atoms with E-state index in [-0.39, 0.29) is 0 Å². The van der Waals surface area contributed by atoms with E-state index in [9.17, 15) is 5.11 Å². The van der Waals surface area contributed by atoms with Gasteiger partial charge in [0, 0.05) is 25.0 Å². The molecule has 0 bridgehead atoms. The van der Waals surface area contributed by atoms with Gasteiger partial charge in [0.15, 0.2) is 0 Å². The predicted octanol–water partition coefficient (Wildman–Crippen LogP) is 0.307. The number of aliphatic hydroxyl groups is 1. The van der Waals surface area contributed by atoms with Crippen LogP contribution < -0.4 is 0 Å². The van der Waals surface area contributed by atoms with Crippen LogP contribution in [-0.4, -0.2) is 54.3 Å². The van der Waals surface area contributed by atoms with Gasteiger partial charge in [0.2, 0.25) is 0 Å². The Morgan fingerprint density at radius 3 is 3.08 bits per heavy atom. The molecule has 3 nitrogen and oxygen atoms in total. The smallest absolute Gasteiger partial charge is 0.0802 e. The van der Waals surface area contributed by atoms with Crippen LogP contribution in [0.5, 0.6) is 0 Å². The summed E-state index contributed by atoms with van der Waals surface area (Å²) in [5, 5.41) is 9.31. The van der Waals surface area contributed by atoms with E-state index >= 15 is 0 Å². The van der Waals surface area contributed by atoms with Gasteiger partial charge in [-0.05, 0) is 6.92 Å². The van der Waals surface area contributed by atoms with Crippen molar-refractivity contribution in [3.63, 3.8) is 0 Å². The molecule has 12 heavy (non-hydrogen) atoms. The van der Waals surface area contributed by atoms with Crippen LogP contribution in [0.4, 0.5) is 0 Å². The van der Waals surface area contributed by atoms with Gasteiger partial charge in [-0.2, -0.15) is 0 Å². The molecule has 0 aromatic heterocycles. The standard InChI is InChI=1S/C8H16ClNO2/c1-7-6-12-3-2-10(7)5-8(11)4-9/h7-8,11H,2-6H2,1H3. The molecule has 1 fully saturated rings. The number of rotatable bonds is 3. The first kappa shape index (κ1) is 10.3. The largest absolute Gasteiger partial charge is 0.391 e. The van der Waals surface area contributed by atoms with Gasteiger partial charge in [0.05, 0.1) is 19.3 Å². The van der Waals surface area contributed by atoms with E-state index in [4.69, 9.17) is 16.3 Å². The van der Waals surface area contributed by atoms with E-state index in [2.05, 4.69) is 11.8 Å². The third kappa shape index (κ3) is 2.90. The minimum Gasteiger partial charge on any atom is -0.391 e. The molecule has 4 heteroatoms. The number of β-amino-alcohol motifs (C(OH)–C–C–N with tert-alkyl or cyclic N) is 1. The number of alkyl halides is 1. The predicted molar refractivity (Wildman–Crippen MR) is 48.6 cm³/mol. The maximum Gasteiger partial charge on any atom is 0.0802 e. The van der Waals surface area contributed by atoms with Crippen molar-refractivity contribution in [2.24, 2.45) is 0 Å². The summed E-state index contributed by atoms with van der Waals surface area (Å²) in [4.78, 5) is 2.20. The third-order valence-corrected chi connectivity index (χ3v) is 2.48. The summed E-state index contributed by atoms with van der Waals surface area (Å²) in [5.74, 6) is 0.310. The molecular weight excluding hydrogens is 178 g/mol. The lowest BCUT2D eigenvalue weighted by atomic mass is 10.2. The molecule has 2 atom stereocenters. The zero-order chi connectivity index (χ0) is 8.97. The Morgan fingerprint density at radius 1 is 1.75 bits per heavy atom. The van der Waals surface area contributed by atoms with Crippen LogP contribution in [-0.2, 0) is 4.74 Å². The van der Waals surface area contributed by atoms with Crippen LogP contribution in [0, 0.1) is 0 Å². The Morgan fingerprint density at radius 2 is 2.50 bits per heavy atom. The molecule has 1 heterocycles. The Kier molecular flexibility index (Phi) is 4.29. The first-order valence-corrected chi connectivity index (χ1v) is 4.83. The Bertz CT molecular complexity index is 134. The van der Waals surface area contributed by atoms with Crippen molar-refractivity contribution in [2.75, 3.05) is 32.2 Å². The lowest BCUT2D eigenvalue weighted by Crippen LogP contribution is -2.47. The summed E-state index contributed by atoms with van der Waals surface area (Å²) in [6.07, 6.45) is -0.410. The van der Waals surface area contributed by atoms with Gasteiger partial charge in [-0.1, -0.05) is 0 Å². The van der Waals surface area contributed by atoms with Crippen LogP contribution in [0.3, 0.4) is 0 Å². The van der Waals surface area contributed by atoms with Crippen LogP contribution in [0.1, 0.15) is 6.92 Å². The molecule has 72 valence electrons. The normalized spacial score (nSPS) is 28.8. The molecule has 0 radical (unpaired) electrons. The highest BCUT2D eigenvalue weighted by Crippen LogP contribution is 2.06. The molecule has 0 spiro atoms. The molecule has 1 aliphatic heterocycles. The maximum atomic E-state index is 9.31. The van der Waals surface area contributed by atoms with Crippen LogP contribution >= 0.6 is 11.6 Å². The van der Waals surface area contributed by atoms with E-state index in [1.165, 1.54) is 0 Å². The number of hydrogen-bond acceptors (Lipinski definition) is 3. The Labute approximate surface area is 78.3 Å². The number of hydrogen-bond donors (Lipinski definition) is 1. The number of nitrogens with zero attached hydrogens (tertiary/aromatic N) is 1. The van der Waals surface area contributed by atoms with Gasteiger partial charge in [-0.25, -0.2) is 0 Å². The maximum absolute atomic E-state index is 9.31. The number of aliphatic hydroxyl groups excluding tert-OH is 1. The molecule has 0 aliphatic carbocycles. The lowest BCUT2D eigenvalue weighted by molar-refractivity contribution is -0.0167. The molecule has 1 rings (SSSR count). The SMILES string of the molecule is CC1COCCN1CC(O)CCl. The van der Waals surface area contributed by atoms with Gasteiger partial charge < -0.3 is 9.84 Å². The highest BCUT2D eigenvalue weighted by atomic mass is 35.5. The average molecular weight is 194 g/mol. The van der Waals surface area contributed by atoms with E-state index in [1.807, 2.05) is 0 Å². The van der Waals surface area contributed by atoms with Gasteiger partial charge in [-0.15, -0.1) is 11.6 Å². The number of morpholine rings is 1. The second kappa shape index (κ2) is 5.02. The molecule has 0 aromatic carbocycles. The van der Waals surface area contributed by atoms with Crippen molar-refractivity contribution in [3.05, 3.63) is 0 Å². The highest BCUT2D eigenvalue weighted by Gasteiger charge is 2.20. The van der Waals surface area contributed by atoms with Crippen LogP contribution in [0.2, 0.25) is 0 Å². The highest BCUT2D eigenvalue weighted by molar-refractivity contribution is 6.18. The molecule has 1 aliphatic rings. The fourth-order valence-electron chi connectivity index (χ4n) is 1.35. The summed E-state index contributed by atoms with van der Waals surface area (Å²) in [6, 6.07) is 0.400. The second-order valence-corrected chi connectivity index (χ2v) is 3.54. The summed E-state index contributed by atoms with van der Waals surface area (Å²) >= 11 is 5.51. The summed E-state index contributed by atoms with van der Waals surface area (Å²) < 4.78 is 5.27. The minimum atomic E-state index is -0.410. The molecule has 0 aromatic rings. The number of halogens is 1. The molecule has 2 unspecified atom stereocenters. The van der Waals surface area contributed by atoms with Crippen molar-refractivity contribution < 1.29 is 9.84 Å². The minimum absolute atomic E-state index is 0.310. The van der Waals surface area contributed by atoms with E-state index in [0.717, 1.165) is 19.8 Å². The fraction of sp³-hybridized carbons (Fsp3) is 1.00. The summed E-state index contributed by atoms with van der Waals surface area (Å²) in [7, 11) is 0. The molecule has 0 amide bonds. The van der Waals surface area contributed by atoms with Crippen LogP contribution in [0.25, 0.3) is 0 Å². The average Bonchev–Trinajstić information content (AvgIpc) is 2.09. The van der Waals surface area contributed by atoms with Gasteiger partial charge >= 0.3 is 0 Å². The van der Waals surface area contributed by atoms with Crippen molar-refractivity contribution in [2.45, 2.75) is 19.1 Å². The lowest BCUT2D eigenvalue weighted by Gasteiger charge is -2.34. The first-order chi connectivity index (χ1) is 5.74. The molecule has 1 saturated heterocycles. The zero-order valence-corrected chi connectivity index (χ0v) is 8.13. The number of ether oxygens (including phenoxy) is 1. The fourth-order valence-corrected chi connectivity index (χ4v) is 1.45. The first-order valence-electron chi connectivity index (χ1n) is 4.30. The topological polar surface area (TPSA) is 32.7 Å². The Hall–Kier alpha value is 0.170. The Balaban J connectivity index is 2.28. The second-order valence-electron chi connectivity index (χ2n) is 3.23. The van der Waals surface area contributed by atoms with Crippen LogP contribution in [0.15, 0.2) is 0 Å². The van der Waals surface area contributed by atoms with E-state index < -0.39 is 6.10 Å². The van der Waals surface area contributed by atoms with Crippen molar-refractivity contribution >= 4 is 11.6 Å². The molecule has 1 N–H and O–H groups in total. The quantitative estimate of drug-likeness (QED) is 0.655. The van der Waals surface area contributed by atoms with Gasteiger partial charge in [0.1, 0.15) is 0 Å². The van der Waals surface area contributed by atoms with E-state index in [1.54, 1.807) is 0 Å². The third-order valence-electron chi connectivity index (χ3n) is 2.13. The zero-order valence-electron chi connectivity index (χ0n) is 7.37. The monoisotopic (exact) mass is 193 g/mol. The van der Waals surface area contributed by atoms with Crippen molar-refractivity contribution in [1.82, 2.24) is 4.90 Å². The van der Waals surface area contributed by atoms with Gasteiger partial charge in [0.25, 0.3) is 0 Å². The summed E-state index contributed by atoms with van der Waals surface area (Å²) in [6.45, 7) is 5.18. The molecular formula is C8H16ClNO2.